The normalized spacial score (nSPS) is 11.4. The lowest BCUT2D eigenvalue weighted by Gasteiger charge is -2.12. The van der Waals surface area contributed by atoms with Crippen LogP contribution in [0.1, 0.15) is 16.8 Å². The number of aryl methyl sites for hydroxylation is 3. The first-order valence-electron chi connectivity index (χ1n) is 6.23. The molecule has 1 heterocycles. The number of pyridine rings is 1. The molecule has 0 unspecified atom stereocenters. The van der Waals surface area contributed by atoms with E-state index in [1.165, 1.54) is 12.1 Å². The molecule has 0 spiro atoms. The molecule has 0 fully saturated rings. The van der Waals surface area contributed by atoms with E-state index < -0.39 is 10.0 Å². The maximum Gasteiger partial charge on any atom is 0.263 e. The van der Waals surface area contributed by atoms with Crippen LogP contribution in [-0.4, -0.2) is 13.4 Å². The van der Waals surface area contributed by atoms with Gasteiger partial charge in [-0.15, -0.1) is 0 Å². The fourth-order valence-corrected chi connectivity index (χ4v) is 3.52. The quantitative estimate of drug-likeness (QED) is 0.849. The SMILES string of the molecule is Cc1cc(C)nc(NS(=O)(=O)c2cc(N)c(Cl)cc2C)c1. The second kappa shape index (κ2) is 5.54. The molecule has 0 aliphatic carbocycles. The Morgan fingerprint density at radius 3 is 2.43 bits per heavy atom. The minimum absolute atomic E-state index is 0.0883. The molecule has 1 aromatic carbocycles. The van der Waals surface area contributed by atoms with Crippen LogP contribution in [0, 0.1) is 20.8 Å². The zero-order valence-electron chi connectivity index (χ0n) is 11.9. The van der Waals surface area contributed by atoms with Crippen LogP contribution in [0.5, 0.6) is 0 Å². The van der Waals surface area contributed by atoms with E-state index in [1.807, 2.05) is 13.0 Å². The van der Waals surface area contributed by atoms with Crippen molar-refractivity contribution in [3.63, 3.8) is 0 Å². The first kappa shape index (κ1) is 15.6. The molecule has 0 aliphatic heterocycles. The second-order valence-corrected chi connectivity index (χ2v) is 6.97. The van der Waals surface area contributed by atoms with Gasteiger partial charge in [-0.25, -0.2) is 13.4 Å². The number of halogens is 1. The molecule has 1 aromatic heterocycles. The van der Waals surface area contributed by atoms with Crippen molar-refractivity contribution >= 4 is 33.1 Å². The topological polar surface area (TPSA) is 85.1 Å². The van der Waals surface area contributed by atoms with Gasteiger partial charge in [0, 0.05) is 5.69 Å². The molecule has 0 amide bonds. The highest BCUT2D eigenvalue weighted by molar-refractivity contribution is 7.92. The lowest BCUT2D eigenvalue weighted by atomic mass is 10.2. The van der Waals surface area contributed by atoms with Crippen molar-refractivity contribution in [1.82, 2.24) is 4.98 Å². The second-order valence-electron chi connectivity index (χ2n) is 4.92. The number of hydrogen-bond acceptors (Lipinski definition) is 4. The fourth-order valence-electron chi connectivity index (χ4n) is 2.04. The van der Waals surface area contributed by atoms with Crippen LogP contribution in [0.15, 0.2) is 29.2 Å². The number of nitrogens with two attached hydrogens (primary N) is 1. The zero-order chi connectivity index (χ0) is 15.8. The molecule has 5 nitrogen and oxygen atoms in total. The average Bonchev–Trinajstić information content (AvgIpc) is 2.31. The summed E-state index contributed by atoms with van der Waals surface area (Å²) < 4.78 is 27.4. The number of sulfonamides is 1. The van der Waals surface area contributed by atoms with Crippen molar-refractivity contribution < 1.29 is 8.42 Å². The fraction of sp³-hybridized carbons (Fsp3) is 0.214. The minimum Gasteiger partial charge on any atom is -0.397 e. The molecule has 2 aromatic rings. The Hall–Kier alpha value is -1.79. The summed E-state index contributed by atoms with van der Waals surface area (Å²) in [5.41, 5.74) is 8.09. The van der Waals surface area contributed by atoms with Gasteiger partial charge in [-0.05, 0) is 56.2 Å². The van der Waals surface area contributed by atoms with Crippen molar-refractivity contribution in [2.75, 3.05) is 10.5 Å². The summed E-state index contributed by atoms with van der Waals surface area (Å²) in [7, 11) is -3.77. The van der Waals surface area contributed by atoms with E-state index in [2.05, 4.69) is 9.71 Å². The lowest BCUT2D eigenvalue weighted by Crippen LogP contribution is -2.16. The van der Waals surface area contributed by atoms with Gasteiger partial charge in [0.2, 0.25) is 0 Å². The lowest BCUT2D eigenvalue weighted by molar-refractivity contribution is 0.600. The Balaban J connectivity index is 2.45. The molecular formula is C14H16ClN3O2S. The number of nitrogen functional groups attached to an aromatic ring is 1. The van der Waals surface area contributed by atoms with Gasteiger partial charge in [0.1, 0.15) is 5.82 Å². The van der Waals surface area contributed by atoms with Crippen LogP contribution in [0.4, 0.5) is 11.5 Å². The summed E-state index contributed by atoms with van der Waals surface area (Å²) in [4.78, 5) is 4.26. The Labute approximate surface area is 129 Å². The van der Waals surface area contributed by atoms with Gasteiger partial charge in [0.25, 0.3) is 10.0 Å². The van der Waals surface area contributed by atoms with Gasteiger partial charge in [-0.2, -0.15) is 0 Å². The van der Waals surface area contributed by atoms with Gasteiger partial charge in [0.15, 0.2) is 0 Å². The van der Waals surface area contributed by atoms with E-state index in [9.17, 15) is 8.42 Å². The molecule has 0 atom stereocenters. The number of nitrogens with zero attached hydrogens (tertiary/aromatic N) is 1. The smallest absolute Gasteiger partial charge is 0.263 e. The molecular weight excluding hydrogens is 310 g/mol. The largest absolute Gasteiger partial charge is 0.397 e. The van der Waals surface area contributed by atoms with E-state index in [-0.39, 0.29) is 16.4 Å². The van der Waals surface area contributed by atoms with E-state index >= 15 is 0 Å². The van der Waals surface area contributed by atoms with Crippen LogP contribution in [-0.2, 0) is 10.0 Å². The van der Waals surface area contributed by atoms with Crippen molar-refractivity contribution in [1.29, 1.82) is 0 Å². The average molecular weight is 326 g/mol. The number of anilines is 2. The van der Waals surface area contributed by atoms with Gasteiger partial charge in [0.05, 0.1) is 15.6 Å². The standard InChI is InChI=1S/C14H16ClN3O2S/c1-8-4-10(3)17-14(5-8)18-21(19,20)13-7-12(16)11(15)6-9(13)2/h4-7H,16H2,1-3H3,(H,17,18). The zero-order valence-corrected chi connectivity index (χ0v) is 13.5. The van der Waals surface area contributed by atoms with Crippen molar-refractivity contribution in [3.05, 3.63) is 46.1 Å². The minimum atomic E-state index is -3.77. The van der Waals surface area contributed by atoms with Crippen LogP contribution >= 0.6 is 11.6 Å². The van der Waals surface area contributed by atoms with Gasteiger partial charge in [-0.3, -0.25) is 4.72 Å². The Morgan fingerprint density at radius 2 is 1.81 bits per heavy atom. The molecule has 2 rings (SSSR count). The Kier molecular flexibility index (Phi) is 4.11. The van der Waals surface area contributed by atoms with Gasteiger partial charge < -0.3 is 5.73 Å². The first-order valence-corrected chi connectivity index (χ1v) is 8.09. The van der Waals surface area contributed by atoms with Crippen molar-refractivity contribution in [3.8, 4) is 0 Å². The third kappa shape index (κ3) is 3.46. The van der Waals surface area contributed by atoms with Crippen LogP contribution in [0.2, 0.25) is 5.02 Å². The van der Waals surface area contributed by atoms with E-state index in [0.29, 0.717) is 10.6 Å². The summed E-state index contributed by atoms with van der Waals surface area (Å²) in [6.45, 7) is 5.34. The molecule has 7 heteroatoms. The monoisotopic (exact) mass is 325 g/mol. The summed E-state index contributed by atoms with van der Waals surface area (Å²) >= 11 is 5.89. The third-order valence-corrected chi connectivity index (χ3v) is 4.74. The molecule has 0 aliphatic rings. The molecule has 112 valence electrons. The summed E-state index contributed by atoms with van der Waals surface area (Å²) in [6.07, 6.45) is 0. The highest BCUT2D eigenvalue weighted by Gasteiger charge is 2.19. The molecule has 0 radical (unpaired) electrons. The molecule has 0 saturated carbocycles. The maximum atomic E-state index is 12.5. The summed E-state index contributed by atoms with van der Waals surface area (Å²) in [5, 5.41) is 0.330. The van der Waals surface area contributed by atoms with Gasteiger partial charge >= 0.3 is 0 Å². The third-order valence-electron chi connectivity index (χ3n) is 2.92. The molecule has 0 saturated heterocycles. The number of hydrogen-bond donors (Lipinski definition) is 2. The van der Waals surface area contributed by atoms with Crippen LogP contribution in [0.25, 0.3) is 0 Å². The van der Waals surface area contributed by atoms with Crippen LogP contribution < -0.4 is 10.5 Å². The van der Waals surface area contributed by atoms with Crippen molar-refractivity contribution in [2.24, 2.45) is 0 Å². The maximum absolute atomic E-state index is 12.5. The number of benzene rings is 1. The predicted molar refractivity (Wildman–Crippen MR) is 85.1 cm³/mol. The number of rotatable bonds is 3. The van der Waals surface area contributed by atoms with E-state index in [0.717, 1.165) is 11.3 Å². The number of nitrogens with one attached hydrogen (secondary N) is 1. The Bertz CT molecular complexity index is 784. The van der Waals surface area contributed by atoms with Crippen molar-refractivity contribution in [2.45, 2.75) is 25.7 Å². The molecule has 21 heavy (non-hydrogen) atoms. The Morgan fingerprint density at radius 1 is 1.14 bits per heavy atom. The predicted octanol–water partition coefficient (Wildman–Crippen LogP) is 3.04. The van der Waals surface area contributed by atoms with Crippen LogP contribution in [0.3, 0.4) is 0 Å². The van der Waals surface area contributed by atoms with E-state index in [1.54, 1.807) is 19.9 Å². The van der Waals surface area contributed by atoms with E-state index in [4.69, 9.17) is 17.3 Å². The summed E-state index contributed by atoms with van der Waals surface area (Å²) in [5.74, 6) is 0.278. The number of aromatic nitrogens is 1. The molecule has 0 bridgehead atoms. The van der Waals surface area contributed by atoms with Gasteiger partial charge in [-0.1, -0.05) is 11.6 Å². The molecule has 3 N–H and O–H groups in total. The summed E-state index contributed by atoms with van der Waals surface area (Å²) in [6, 6.07) is 6.41. The highest BCUT2D eigenvalue weighted by atomic mass is 35.5. The highest BCUT2D eigenvalue weighted by Crippen LogP contribution is 2.27. The first-order chi connectivity index (χ1) is 9.69.